The fourth-order valence-corrected chi connectivity index (χ4v) is 2.61. The van der Waals surface area contributed by atoms with Crippen LogP contribution < -0.4 is 0 Å². The van der Waals surface area contributed by atoms with Crippen molar-refractivity contribution in [3.05, 3.63) is 22.4 Å². The lowest BCUT2D eigenvalue weighted by Gasteiger charge is -2.36. The predicted molar refractivity (Wildman–Crippen MR) is 64.6 cm³/mol. The molecule has 0 radical (unpaired) electrons. The highest BCUT2D eigenvalue weighted by Crippen LogP contribution is 2.15. The molecule has 0 bridgehead atoms. The maximum absolute atomic E-state index is 12.1. The largest absolute Gasteiger partial charge is 0.375 e. The molecule has 2 rings (SSSR count). The summed E-state index contributed by atoms with van der Waals surface area (Å²) in [5, 5.41) is 2.01. The first kappa shape index (κ1) is 11.6. The quantitative estimate of drug-likeness (QED) is 0.789. The lowest BCUT2D eigenvalue weighted by molar-refractivity contribution is -0.142. The monoisotopic (exact) mass is 239 g/mol. The molecule has 1 amide bonds. The molecule has 2 heterocycles. The van der Waals surface area contributed by atoms with E-state index in [2.05, 4.69) is 0 Å². The van der Waals surface area contributed by atoms with Crippen LogP contribution in [0, 0.1) is 0 Å². The third kappa shape index (κ3) is 2.62. The fraction of sp³-hybridized carbons (Fsp3) is 0.583. The van der Waals surface area contributed by atoms with Gasteiger partial charge in [-0.05, 0) is 25.3 Å². The van der Waals surface area contributed by atoms with E-state index < -0.39 is 0 Å². The minimum atomic E-state index is 0.156. The molecule has 4 heteroatoms. The Bertz CT molecular complexity index is 350. The number of carbonyl (C=O) groups is 1. The Morgan fingerprint density at radius 2 is 2.44 bits per heavy atom. The molecule has 88 valence electrons. The van der Waals surface area contributed by atoms with E-state index in [1.54, 1.807) is 11.3 Å². The van der Waals surface area contributed by atoms with Crippen molar-refractivity contribution in [1.82, 2.24) is 4.90 Å². The van der Waals surface area contributed by atoms with Crippen molar-refractivity contribution in [2.75, 3.05) is 13.2 Å². The first-order valence-electron chi connectivity index (χ1n) is 5.60. The van der Waals surface area contributed by atoms with Gasteiger partial charge in [0.25, 0.3) is 0 Å². The van der Waals surface area contributed by atoms with E-state index >= 15 is 0 Å². The molecule has 1 aliphatic rings. The molecule has 2 atom stereocenters. The summed E-state index contributed by atoms with van der Waals surface area (Å²) in [4.78, 5) is 15.2. The van der Waals surface area contributed by atoms with Crippen molar-refractivity contribution in [3.8, 4) is 0 Å². The highest BCUT2D eigenvalue weighted by Gasteiger charge is 2.27. The molecule has 3 nitrogen and oxygen atoms in total. The van der Waals surface area contributed by atoms with Crippen LogP contribution in [0.2, 0.25) is 0 Å². The first-order chi connectivity index (χ1) is 7.66. The highest BCUT2D eigenvalue weighted by atomic mass is 32.1. The van der Waals surface area contributed by atoms with E-state index in [0.29, 0.717) is 19.6 Å². The molecule has 0 N–H and O–H groups in total. The van der Waals surface area contributed by atoms with E-state index in [0.717, 1.165) is 4.88 Å². The summed E-state index contributed by atoms with van der Waals surface area (Å²) in [7, 11) is 0. The van der Waals surface area contributed by atoms with Gasteiger partial charge < -0.3 is 9.64 Å². The van der Waals surface area contributed by atoms with Gasteiger partial charge in [0.2, 0.25) is 5.91 Å². The highest BCUT2D eigenvalue weighted by molar-refractivity contribution is 7.10. The molecule has 0 aliphatic carbocycles. The van der Waals surface area contributed by atoms with Crippen molar-refractivity contribution in [2.45, 2.75) is 32.4 Å². The van der Waals surface area contributed by atoms with Crippen LogP contribution in [-0.4, -0.2) is 36.1 Å². The number of nitrogens with zero attached hydrogens (tertiary/aromatic N) is 1. The number of amides is 1. The Labute approximate surface area is 100 Å². The lowest BCUT2D eigenvalue weighted by Crippen LogP contribution is -2.50. The third-order valence-electron chi connectivity index (χ3n) is 2.83. The van der Waals surface area contributed by atoms with Gasteiger partial charge >= 0.3 is 0 Å². The van der Waals surface area contributed by atoms with Gasteiger partial charge in [0, 0.05) is 11.4 Å². The van der Waals surface area contributed by atoms with E-state index in [9.17, 15) is 4.79 Å². The molecule has 0 saturated carbocycles. The maximum Gasteiger partial charge on any atom is 0.228 e. The first-order valence-corrected chi connectivity index (χ1v) is 6.48. The molecule has 1 saturated heterocycles. The topological polar surface area (TPSA) is 29.5 Å². The number of rotatable bonds is 2. The summed E-state index contributed by atoms with van der Waals surface area (Å²) in [6.45, 7) is 5.41. The summed E-state index contributed by atoms with van der Waals surface area (Å²) < 4.78 is 5.51. The normalized spacial score (nSPS) is 25.8. The third-order valence-corrected chi connectivity index (χ3v) is 3.71. The molecule has 16 heavy (non-hydrogen) atoms. The van der Waals surface area contributed by atoms with E-state index in [1.807, 2.05) is 36.3 Å². The second-order valence-corrected chi connectivity index (χ2v) is 5.33. The minimum Gasteiger partial charge on any atom is -0.375 e. The SMILES string of the molecule is CC1CN(C(=O)Cc2cccs2)C(C)CO1. The standard InChI is InChI=1S/C12H17NO2S/c1-9-8-15-10(2)7-13(9)12(14)6-11-4-3-5-16-11/h3-5,9-10H,6-8H2,1-2H3. The number of morpholine rings is 1. The summed E-state index contributed by atoms with van der Waals surface area (Å²) in [5.41, 5.74) is 0. The maximum atomic E-state index is 12.1. The van der Waals surface area contributed by atoms with Crippen molar-refractivity contribution < 1.29 is 9.53 Å². The minimum absolute atomic E-state index is 0.156. The van der Waals surface area contributed by atoms with Crippen molar-refractivity contribution in [1.29, 1.82) is 0 Å². The number of hydrogen-bond acceptors (Lipinski definition) is 3. The van der Waals surface area contributed by atoms with Crippen LogP contribution in [0.1, 0.15) is 18.7 Å². The van der Waals surface area contributed by atoms with Crippen LogP contribution in [-0.2, 0) is 16.0 Å². The molecule has 1 aromatic heterocycles. The van der Waals surface area contributed by atoms with Crippen molar-refractivity contribution in [3.63, 3.8) is 0 Å². The van der Waals surface area contributed by atoms with Gasteiger partial charge in [-0.1, -0.05) is 6.07 Å². The van der Waals surface area contributed by atoms with E-state index in [4.69, 9.17) is 4.74 Å². The average Bonchev–Trinajstić information content (AvgIpc) is 2.74. The van der Waals surface area contributed by atoms with Crippen LogP contribution in [0.3, 0.4) is 0 Å². The molecular weight excluding hydrogens is 222 g/mol. The molecule has 2 unspecified atom stereocenters. The lowest BCUT2D eigenvalue weighted by atomic mass is 10.2. The Hall–Kier alpha value is -0.870. The summed E-state index contributed by atoms with van der Waals surface area (Å²) >= 11 is 1.64. The van der Waals surface area contributed by atoms with Gasteiger partial charge in [-0.3, -0.25) is 4.79 Å². The second-order valence-electron chi connectivity index (χ2n) is 4.30. The Morgan fingerprint density at radius 3 is 3.12 bits per heavy atom. The zero-order valence-electron chi connectivity index (χ0n) is 9.68. The Morgan fingerprint density at radius 1 is 1.62 bits per heavy atom. The van der Waals surface area contributed by atoms with E-state index in [1.165, 1.54) is 0 Å². The van der Waals surface area contributed by atoms with Crippen LogP contribution in [0.15, 0.2) is 17.5 Å². The average molecular weight is 239 g/mol. The van der Waals surface area contributed by atoms with Crippen molar-refractivity contribution in [2.24, 2.45) is 0 Å². The summed E-state index contributed by atoms with van der Waals surface area (Å²) in [6, 6.07) is 4.19. The smallest absolute Gasteiger partial charge is 0.228 e. The Kier molecular flexibility index (Phi) is 3.61. The molecule has 1 aliphatic heterocycles. The van der Waals surface area contributed by atoms with Gasteiger partial charge in [0.05, 0.1) is 25.2 Å². The molecule has 1 aromatic rings. The number of thiophene rings is 1. The molecule has 1 fully saturated rings. The van der Waals surface area contributed by atoms with Crippen LogP contribution in [0.25, 0.3) is 0 Å². The predicted octanol–water partition coefficient (Wildman–Crippen LogP) is 1.93. The number of ether oxygens (including phenoxy) is 1. The number of hydrogen-bond donors (Lipinski definition) is 0. The van der Waals surface area contributed by atoms with Gasteiger partial charge in [0.15, 0.2) is 0 Å². The van der Waals surface area contributed by atoms with E-state index in [-0.39, 0.29) is 18.1 Å². The van der Waals surface area contributed by atoms with Gasteiger partial charge in [0.1, 0.15) is 0 Å². The zero-order chi connectivity index (χ0) is 11.5. The number of carbonyl (C=O) groups excluding carboxylic acids is 1. The molecular formula is C12H17NO2S. The summed E-state index contributed by atoms with van der Waals surface area (Å²) in [5.74, 6) is 0.213. The van der Waals surface area contributed by atoms with Gasteiger partial charge in [-0.15, -0.1) is 11.3 Å². The summed E-state index contributed by atoms with van der Waals surface area (Å²) in [6.07, 6.45) is 0.679. The van der Waals surface area contributed by atoms with Crippen molar-refractivity contribution >= 4 is 17.2 Å². The van der Waals surface area contributed by atoms with Gasteiger partial charge in [-0.2, -0.15) is 0 Å². The Balaban J connectivity index is 1.97. The second kappa shape index (κ2) is 4.97. The van der Waals surface area contributed by atoms with Crippen LogP contribution in [0.4, 0.5) is 0 Å². The molecule has 0 aromatic carbocycles. The zero-order valence-corrected chi connectivity index (χ0v) is 10.5. The van der Waals surface area contributed by atoms with Gasteiger partial charge in [-0.25, -0.2) is 0 Å². The fourth-order valence-electron chi connectivity index (χ4n) is 1.91. The molecule has 0 spiro atoms. The van der Waals surface area contributed by atoms with Crippen LogP contribution in [0.5, 0.6) is 0 Å². The van der Waals surface area contributed by atoms with Crippen LogP contribution >= 0.6 is 11.3 Å².